The second-order valence-corrected chi connectivity index (χ2v) is 5.24. The molecule has 72 valence electrons. The Kier molecular flexibility index (Phi) is 5.77. The lowest BCUT2D eigenvalue weighted by Crippen LogP contribution is -2.34. The van der Waals surface area contributed by atoms with Crippen LogP contribution in [-0.4, -0.2) is 36.9 Å². The second-order valence-electron chi connectivity index (χ2n) is 2.12. The third-order valence-corrected chi connectivity index (χ3v) is 2.72. The Bertz CT molecular complexity index is 145. The first kappa shape index (κ1) is 12.1. The summed E-state index contributed by atoms with van der Waals surface area (Å²) in [5.41, 5.74) is 0. The van der Waals surface area contributed by atoms with Crippen LogP contribution < -0.4 is 0 Å². The molecule has 0 bridgehead atoms. The zero-order valence-electron chi connectivity index (χ0n) is 6.63. The molecule has 0 aliphatic rings. The van der Waals surface area contributed by atoms with Crippen LogP contribution in [0, 0.1) is 0 Å². The summed E-state index contributed by atoms with van der Waals surface area (Å²) in [5, 5.41) is 0. The van der Waals surface area contributed by atoms with Crippen LogP contribution in [0.2, 0.25) is 6.04 Å². The molecule has 0 aromatic carbocycles. The van der Waals surface area contributed by atoms with Gasteiger partial charge < -0.3 is 14.4 Å². The van der Waals surface area contributed by atoms with Crippen LogP contribution in [0.25, 0.3) is 0 Å². The van der Waals surface area contributed by atoms with Crippen molar-refractivity contribution in [1.82, 2.24) is 0 Å². The minimum absolute atomic E-state index is 0.0689. The van der Waals surface area contributed by atoms with Crippen molar-refractivity contribution in [3.63, 3.8) is 0 Å². The maximum absolute atomic E-state index is 10.5. The van der Waals surface area contributed by atoms with Gasteiger partial charge in [-0.1, -0.05) is 0 Å². The fraction of sp³-hybridized carbons (Fsp3) is 1.00. The first-order valence-electron chi connectivity index (χ1n) is 3.27. The second kappa shape index (κ2) is 5.71. The summed E-state index contributed by atoms with van der Waals surface area (Å²) in [7, 11) is -4.82. The molecule has 1 unspecified atom stereocenters. The molecule has 0 heterocycles. The summed E-state index contributed by atoms with van der Waals surface area (Å²) in [4.78, 5) is 25.6. The monoisotopic (exact) mass is 215 g/mol. The van der Waals surface area contributed by atoms with E-state index in [0.717, 1.165) is 0 Å². The molecule has 0 aromatic heterocycles. The molecule has 0 radical (unpaired) electrons. The third kappa shape index (κ3) is 8.22. The fourth-order valence-corrected chi connectivity index (χ4v) is 1.50. The summed E-state index contributed by atoms with van der Waals surface area (Å²) < 4.78 is 19.3. The molecule has 8 heteroatoms. The van der Waals surface area contributed by atoms with Crippen LogP contribution in [0.4, 0.5) is 0 Å². The molecule has 1 atom stereocenters. The predicted octanol–water partition coefficient (Wildman–Crippen LogP) is -0.387. The van der Waals surface area contributed by atoms with E-state index in [0.29, 0.717) is 0 Å². The van der Waals surface area contributed by atoms with Gasteiger partial charge in [0.1, 0.15) is 6.61 Å². The summed E-state index contributed by atoms with van der Waals surface area (Å²) in [6.07, 6.45) is 0.236. The molecule has 0 aliphatic heterocycles. The molecule has 0 aromatic rings. The maximum atomic E-state index is 10.5. The summed E-state index contributed by atoms with van der Waals surface area (Å²) in [6, 6.07) is -0.125. The van der Waals surface area contributed by atoms with Crippen molar-refractivity contribution in [1.29, 1.82) is 0 Å². The van der Waals surface area contributed by atoms with E-state index in [4.69, 9.17) is 14.4 Å². The Labute approximate surface area is 72.1 Å². The van der Waals surface area contributed by atoms with Crippen molar-refractivity contribution >= 4 is 17.1 Å². The van der Waals surface area contributed by atoms with Crippen molar-refractivity contribution in [3.05, 3.63) is 0 Å². The van der Waals surface area contributed by atoms with E-state index >= 15 is 0 Å². The zero-order chi connectivity index (χ0) is 9.61. The predicted molar refractivity (Wildman–Crippen MR) is 42.4 cm³/mol. The Morgan fingerprint density at radius 1 is 1.42 bits per heavy atom. The average molecular weight is 215 g/mol. The van der Waals surface area contributed by atoms with E-state index in [9.17, 15) is 4.57 Å². The van der Waals surface area contributed by atoms with E-state index in [-0.39, 0.29) is 19.1 Å². The van der Waals surface area contributed by atoms with E-state index in [2.05, 4.69) is 9.05 Å². The van der Waals surface area contributed by atoms with E-state index in [1.807, 2.05) is 0 Å². The minimum Gasteiger partial charge on any atom is -0.390 e. The molecule has 0 saturated carbocycles. The lowest BCUT2D eigenvalue weighted by molar-refractivity contribution is 0.214. The quantitative estimate of drug-likeness (QED) is 0.317. The van der Waals surface area contributed by atoms with Gasteiger partial charge in [-0.3, -0.25) is 0 Å². The highest BCUT2D eigenvalue weighted by molar-refractivity contribution is 7.33. The normalized spacial score (nSPS) is 13.2. The molecule has 0 amide bonds. The lowest BCUT2D eigenvalue weighted by atomic mass is 10.5. The van der Waals surface area contributed by atoms with Gasteiger partial charge in [0, 0.05) is 10.6 Å². The maximum Gasteiger partial charge on any atom is 0.697 e. The van der Waals surface area contributed by atoms with Crippen molar-refractivity contribution in [2.45, 2.75) is 12.5 Å². The molecule has 0 saturated heterocycles. The van der Waals surface area contributed by atoms with Crippen LogP contribution >= 0.6 is 8.25 Å². The van der Waals surface area contributed by atoms with Crippen LogP contribution in [-0.2, 0) is 13.6 Å². The molecule has 3 N–H and O–H groups in total. The molecule has 6 nitrogen and oxygen atoms in total. The average Bonchev–Trinajstić information content (AvgIpc) is 1.96. The van der Waals surface area contributed by atoms with Gasteiger partial charge in [-0.15, -0.1) is 9.05 Å². The Balaban J connectivity index is 3.28. The van der Waals surface area contributed by atoms with Gasteiger partial charge in [0.25, 0.3) is 0 Å². The van der Waals surface area contributed by atoms with Crippen molar-refractivity contribution < 1.29 is 28.0 Å². The highest BCUT2D eigenvalue weighted by Crippen LogP contribution is 2.22. The Hall–Kier alpha value is 0.117. The molecule has 0 aliphatic carbocycles. The Morgan fingerprint density at radius 2 is 2.00 bits per heavy atom. The van der Waals surface area contributed by atoms with Crippen molar-refractivity contribution in [2.75, 3.05) is 13.7 Å². The van der Waals surface area contributed by atoms with Crippen molar-refractivity contribution in [3.8, 4) is 0 Å². The largest absolute Gasteiger partial charge is 0.697 e. The van der Waals surface area contributed by atoms with Gasteiger partial charge in [0.15, 0.2) is 0 Å². The van der Waals surface area contributed by atoms with E-state index in [1.165, 1.54) is 7.11 Å². The highest BCUT2D eigenvalue weighted by Gasteiger charge is 2.27. The first-order valence-corrected chi connectivity index (χ1v) is 6.41. The first-order chi connectivity index (χ1) is 5.45. The van der Waals surface area contributed by atoms with Crippen LogP contribution in [0.5, 0.6) is 0 Å². The minimum atomic E-state index is -3.96. The third-order valence-electron chi connectivity index (χ3n) is 1.00. The number of rotatable bonds is 6. The SMILES string of the molecule is CO[P+](=O)OCCC[Si](O)(O)O. The standard InChI is InChI=1S/C4H12O6PSi/c1-9-11(5)10-3-2-4-12(6,7)8/h6-8H,2-4H2,1H3/q+1. The summed E-state index contributed by atoms with van der Waals surface area (Å²) in [6.45, 7) is 0.0689. The van der Waals surface area contributed by atoms with Crippen LogP contribution in [0.1, 0.15) is 6.42 Å². The molecular formula is C4H12O6PSi+. The topological polar surface area (TPSA) is 96.2 Å². The summed E-state index contributed by atoms with van der Waals surface area (Å²) in [5.74, 6) is 0. The molecule has 12 heavy (non-hydrogen) atoms. The van der Waals surface area contributed by atoms with E-state index in [1.54, 1.807) is 0 Å². The fourth-order valence-electron chi connectivity index (χ4n) is 0.501. The van der Waals surface area contributed by atoms with Gasteiger partial charge in [-0.25, -0.2) is 0 Å². The zero-order valence-corrected chi connectivity index (χ0v) is 8.53. The van der Waals surface area contributed by atoms with Gasteiger partial charge in [0.05, 0.1) is 7.11 Å². The molecular weight excluding hydrogens is 203 g/mol. The molecule has 0 spiro atoms. The van der Waals surface area contributed by atoms with E-state index < -0.39 is 17.1 Å². The van der Waals surface area contributed by atoms with Crippen molar-refractivity contribution in [2.24, 2.45) is 0 Å². The van der Waals surface area contributed by atoms with Crippen LogP contribution in [0.3, 0.4) is 0 Å². The summed E-state index contributed by atoms with van der Waals surface area (Å²) >= 11 is 0. The van der Waals surface area contributed by atoms with Gasteiger partial charge in [0.2, 0.25) is 0 Å². The van der Waals surface area contributed by atoms with Crippen LogP contribution in [0.15, 0.2) is 0 Å². The van der Waals surface area contributed by atoms with Gasteiger partial charge >= 0.3 is 17.1 Å². The molecule has 0 fully saturated rings. The lowest BCUT2D eigenvalue weighted by Gasteiger charge is -2.06. The number of hydrogen-bond donors (Lipinski definition) is 3. The highest BCUT2D eigenvalue weighted by atomic mass is 31.1. The molecule has 0 rings (SSSR count). The smallest absolute Gasteiger partial charge is 0.390 e. The van der Waals surface area contributed by atoms with Gasteiger partial charge in [-0.05, 0) is 6.42 Å². The van der Waals surface area contributed by atoms with Gasteiger partial charge in [-0.2, -0.15) is 0 Å². The Morgan fingerprint density at radius 3 is 2.42 bits per heavy atom. The number of hydrogen-bond acceptors (Lipinski definition) is 6.